The largest absolute Gasteiger partial charge is 0.249 e. The summed E-state index contributed by atoms with van der Waals surface area (Å²) in [5.41, 5.74) is 0.987. The standard InChI is InChI=1S/C13H19BrN2OS/c1-12(2,3)18(17)16-13(7-4-8-13)10-5-6-11(14)15-9-10/h5-6,9,16H,4,7-8H2,1-3H3/t18-/m0/s1. The Balaban J connectivity index is 2.21. The van der Waals surface area contributed by atoms with Crippen LogP contribution in [0.2, 0.25) is 0 Å². The van der Waals surface area contributed by atoms with Gasteiger partial charge in [-0.3, -0.25) is 0 Å². The minimum Gasteiger partial charge on any atom is -0.249 e. The lowest BCUT2D eigenvalue weighted by atomic mass is 9.73. The molecule has 1 heterocycles. The zero-order valence-electron chi connectivity index (χ0n) is 11.0. The van der Waals surface area contributed by atoms with E-state index < -0.39 is 11.0 Å². The Bertz CT molecular complexity index is 449. The van der Waals surface area contributed by atoms with Gasteiger partial charge in [-0.25, -0.2) is 13.9 Å². The molecule has 3 nitrogen and oxygen atoms in total. The van der Waals surface area contributed by atoms with Gasteiger partial charge < -0.3 is 0 Å². The van der Waals surface area contributed by atoms with Crippen molar-refractivity contribution in [1.82, 2.24) is 9.71 Å². The summed E-state index contributed by atoms with van der Waals surface area (Å²) in [5, 5.41) is 0. The number of hydrogen-bond donors (Lipinski definition) is 1. The molecule has 0 bridgehead atoms. The maximum absolute atomic E-state index is 12.3. The smallest absolute Gasteiger partial charge is 0.106 e. The highest BCUT2D eigenvalue weighted by Gasteiger charge is 2.41. The van der Waals surface area contributed by atoms with Crippen LogP contribution in [0.4, 0.5) is 0 Å². The second kappa shape index (κ2) is 5.02. The van der Waals surface area contributed by atoms with Crippen molar-refractivity contribution in [2.24, 2.45) is 0 Å². The maximum atomic E-state index is 12.3. The van der Waals surface area contributed by atoms with E-state index in [1.165, 1.54) is 6.42 Å². The number of halogens is 1. The van der Waals surface area contributed by atoms with Crippen molar-refractivity contribution >= 4 is 26.9 Å². The predicted molar refractivity (Wildman–Crippen MR) is 78.5 cm³/mol. The summed E-state index contributed by atoms with van der Waals surface area (Å²) in [4.78, 5) is 4.27. The van der Waals surface area contributed by atoms with Crippen molar-refractivity contribution in [3.8, 4) is 0 Å². The van der Waals surface area contributed by atoms with E-state index in [1.54, 1.807) is 0 Å². The third-order valence-corrected chi connectivity index (χ3v) is 5.49. The molecule has 1 aromatic rings. The number of nitrogens with zero attached hydrogens (tertiary/aromatic N) is 1. The summed E-state index contributed by atoms with van der Waals surface area (Å²) in [6.45, 7) is 5.97. The molecule has 0 spiro atoms. The summed E-state index contributed by atoms with van der Waals surface area (Å²) < 4.78 is 16.2. The van der Waals surface area contributed by atoms with Gasteiger partial charge >= 0.3 is 0 Å². The van der Waals surface area contributed by atoms with Crippen LogP contribution in [-0.2, 0) is 16.5 Å². The summed E-state index contributed by atoms with van der Waals surface area (Å²) in [6, 6.07) is 4.00. The van der Waals surface area contributed by atoms with Crippen molar-refractivity contribution in [2.45, 2.75) is 50.3 Å². The predicted octanol–water partition coefficient (Wildman–Crippen LogP) is 3.28. The third kappa shape index (κ3) is 2.83. The van der Waals surface area contributed by atoms with Gasteiger partial charge in [0, 0.05) is 6.20 Å². The van der Waals surface area contributed by atoms with Crippen molar-refractivity contribution in [1.29, 1.82) is 0 Å². The topological polar surface area (TPSA) is 42.0 Å². The van der Waals surface area contributed by atoms with E-state index in [1.807, 2.05) is 33.0 Å². The highest BCUT2D eigenvalue weighted by molar-refractivity contribution is 9.10. The van der Waals surface area contributed by atoms with E-state index in [4.69, 9.17) is 0 Å². The Morgan fingerprint density at radius 1 is 1.39 bits per heavy atom. The van der Waals surface area contributed by atoms with Gasteiger partial charge in [0.15, 0.2) is 0 Å². The van der Waals surface area contributed by atoms with Crippen LogP contribution in [0.15, 0.2) is 22.9 Å². The highest BCUT2D eigenvalue weighted by atomic mass is 79.9. The van der Waals surface area contributed by atoms with Gasteiger partial charge in [-0.2, -0.15) is 0 Å². The monoisotopic (exact) mass is 330 g/mol. The number of pyridine rings is 1. The Labute approximate surface area is 119 Å². The van der Waals surface area contributed by atoms with Crippen LogP contribution >= 0.6 is 15.9 Å². The summed E-state index contributed by atoms with van der Waals surface area (Å²) in [5.74, 6) is 0. The molecule has 0 saturated heterocycles. The first-order chi connectivity index (χ1) is 8.33. The van der Waals surface area contributed by atoms with E-state index in [2.05, 4.69) is 31.7 Å². The molecule has 0 radical (unpaired) electrons. The molecule has 2 rings (SSSR count). The lowest BCUT2D eigenvalue weighted by Crippen LogP contribution is -2.52. The van der Waals surface area contributed by atoms with Gasteiger partial charge in [-0.1, -0.05) is 6.07 Å². The molecule has 1 fully saturated rings. The molecule has 1 aliphatic rings. The quantitative estimate of drug-likeness (QED) is 0.864. The molecule has 1 saturated carbocycles. The Kier molecular flexibility index (Phi) is 3.95. The molecule has 18 heavy (non-hydrogen) atoms. The van der Waals surface area contributed by atoms with Crippen LogP contribution in [0.3, 0.4) is 0 Å². The minimum absolute atomic E-state index is 0.147. The first kappa shape index (κ1) is 14.2. The molecule has 0 unspecified atom stereocenters. The van der Waals surface area contributed by atoms with E-state index in [0.29, 0.717) is 0 Å². The second-order valence-corrected chi connectivity index (χ2v) is 8.57. The van der Waals surface area contributed by atoms with Crippen LogP contribution in [0, 0.1) is 0 Å². The van der Waals surface area contributed by atoms with E-state index in [0.717, 1.165) is 23.0 Å². The van der Waals surface area contributed by atoms with Crippen molar-refractivity contribution < 1.29 is 4.21 Å². The molecular weight excluding hydrogens is 312 g/mol. The fraction of sp³-hybridized carbons (Fsp3) is 0.615. The Morgan fingerprint density at radius 2 is 2.06 bits per heavy atom. The van der Waals surface area contributed by atoms with E-state index in [-0.39, 0.29) is 10.3 Å². The number of rotatable bonds is 3. The van der Waals surface area contributed by atoms with Crippen LogP contribution < -0.4 is 4.72 Å². The fourth-order valence-corrected chi connectivity index (χ4v) is 3.19. The lowest BCUT2D eigenvalue weighted by molar-refractivity contribution is 0.226. The molecule has 0 amide bonds. The van der Waals surface area contributed by atoms with Crippen molar-refractivity contribution in [3.63, 3.8) is 0 Å². The van der Waals surface area contributed by atoms with E-state index >= 15 is 0 Å². The lowest BCUT2D eigenvalue weighted by Gasteiger charge is -2.43. The highest BCUT2D eigenvalue weighted by Crippen LogP contribution is 2.42. The average molecular weight is 331 g/mol. The zero-order chi connectivity index (χ0) is 13.4. The van der Waals surface area contributed by atoms with E-state index in [9.17, 15) is 4.21 Å². The minimum atomic E-state index is -1.05. The second-order valence-electron chi connectivity index (χ2n) is 5.79. The van der Waals surface area contributed by atoms with Gasteiger partial charge in [0.2, 0.25) is 0 Å². The van der Waals surface area contributed by atoms with Gasteiger partial charge in [0.1, 0.15) is 4.60 Å². The third-order valence-electron chi connectivity index (χ3n) is 3.33. The Hall–Kier alpha value is -0.260. The first-order valence-electron chi connectivity index (χ1n) is 6.15. The maximum Gasteiger partial charge on any atom is 0.106 e. The summed E-state index contributed by atoms with van der Waals surface area (Å²) in [6.07, 6.45) is 5.09. The van der Waals surface area contributed by atoms with Gasteiger partial charge in [-0.05, 0) is 67.6 Å². The fourth-order valence-electron chi connectivity index (χ4n) is 1.97. The molecule has 1 atom stereocenters. The first-order valence-corrected chi connectivity index (χ1v) is 8.09. The molecule has 100 valence electrons. The molecule has 5 heteroatoms. The van der Waals surface area contributed by atoms with Crippen LogP contribution in [-0.4, -0.2) is 13.9 Å². The molecule has 1 aliphatic carbocycles. The van der Waals surface area contributed by atoms with Gasteiger partial charge in [0.25, 0.3) is 0 Å². The molecule has 0 aromatic carbocycles. The average Bonchev–Trinajstić information content (AvgIpc) is 2.23. The molecular formula is C13H19BrN2OS. The summed E-state index contributed by atoms with van der Waals surface area (Å²) in [7, 11) is -1.05. The molecule has 0 aliphatic heterocycles. The van der Waals surface area contributed by atoms with Crippen LogP contribution in [0.25, 0.3) is 0 Å². The normalized spacial score (nSPS) is 20.2. The number of nitrogens with one attached hydrogen (secondary N) is 1. The zero-order valence-corrected chi connectivity index (χ0v) is 13.4. The van der Waals surface area contributed by atoms with Crippen LogP contribution in [0.1, 0.15) is 45.6 Å². The van der Waals surface area contributed by atoms with Gasteiger partial charge in [0.05, 0.1) is 21.3 Å². The SMILES string of the molecule is CC(C)(C)[S@](=O)NC1(c2ccc(Br)nc2)CCC1. The number of hydrogen-bond acceptors (Lipinski definition) is 2. The number of aromatic nitrogens is 1. The van der Waals surface area contributed by atoms with Crippen molar-refractivity contribution in [2.75, 3.05) is 0 Å². The molecule has 1 aromatic heterocycles. The van der Waals surface area contributed by atoms with Crippen molar-refractivity contribution in [3.05, 3.63) is 28.5 Å². The molecule has 1 N–H and O–H groups in total. The summed E-state index contributed by atoms with van der Waals surface area (Å²) >= 11 is 3.34. The Morgan fingerprint density at radius 3 is 2.44 bits per heavy atom. The van der Waals surface area contributed by atoms with Gasteiger partial charge in [-0.15, -0.1) is 0 Å². The van der Waals surface area contributed by atoms with Crippen LogP contribution in [0.5, 0.6) is 0 Å².